The van der Waals surface area contributed by atoms with Gasteiger partial charge in [-0.25, -0.2) is 4.79 Å². The highest BCUT2D eigenvalue weighted by Crippen LogP contribution is 2.20. The molecular weight excluding hydrogens is 208 g/mol. The molecule has 1 aliphatic rings. The van der Waals surface area contributed by atoms with Crippen LogP contribution < -0.4 is 10.7 Å². The number of nitrogens with zero attached hydrogens (tertiary/aromatic N) is 1. The molecule has 0 aliphatic carbocycles. The fraction of sp³-hybridized carbons (Fsp3) is 0.364. The van der Waals surface area contributed by atoms with Crippen molar-refractivity contribution in [3.05, 3.63) is 28.7 Å². The second-order valence-corrected chi connectivity index (χ2v) is 3.79. The number of benzene rings is 1. The number of hydrogen-bond donors (Lipinski definition) is 1. The Hall–Kier alpha value is -1.75. The van der Waals surface area contributed by atoms with Crippen molar-refractivity contribution in [2.75, 3.05) is 31.2 Å². The van der Waals surface area contributed by atoms with Crippen LogP contribution in [-0.4, -0.2) is 31.3 Å². The molecule has 3 rings (SSSR count). The number of fused-ring (bicyclic) bond motifs is 1. The Morgan fingerprint density at radius 3 is 2.88 bits per heavy atom. The summed E-state index contributed by atoms with van der Waals surface area (Å²) in [6, 6.07) is 5.72. The van der Waals surface area contributed by atoms with Gasteiger partial charge in [-0.3, -0.25) is 4.98 Å². The third kappa shape index (κ3) is 1.59. The second kappa shape index (κ2) is 3.68. The van der Waals surface area contributed by atoms with Crippen LogP contribution in [0.4, 0.5) is 5.69 Å². The van der Waals surface area contributed by atoms with E-state index in [1.54, 1.807) is 0 Å². The van der Waals surface area contributed by atoms with Gasteiger partial charge in [0, 0.05) is 18.8 Å². The fourth-order valence-corrected chi connectivity index (χ4v) is 1.96. The summed E-state index contributed by atoms with van der Waals surface area (Å²) < 4.78 is 10.3. The Morgan fingerprint density at radius 2 is 2.06 bits per heavy atom. The van der Waals surface area contributed by atoms with E-state index >= 15 is 0 Å². The number of hydrogen-bond acceptors (Lipinski definition) is 4. The van der Waals surface area contributed by atoms with Crippen molar-refractivity contribution in [3.8, 4) is 0 Å². The first-order chi connectivity index (χ1) is 7.83. The van der Waals surface area contributed by atoms with E-state index < -0.39 is 5.76 Å². The first kappa shape index (κ1) is 9.47. The highest BCUT2D eigenvalue weighted by molar-refractivity contribution is 5.77. The van der Waals surface area contributed by atoms with E-state index in [2.05, 4.69) is 9.88 Å². The maximum atomic E-state index is 11.0. The molecule has 0 spiro atoms. The maximum Gasteiger partial charge on any atom is 0.417 e. The molecule has 0 unspecified atom stereocenters. The fourth-order valence-electron chi connectivity index (χ4n) is 1.96. The molecule has 5 heteroatoms. The number of anilines is 1. The van der Waals surface area contributed by atoms with Crippen LogP contribution in [0.25, 0.3) is 11.1 Å². The summed E-state index contributed by atoms with van der Waals surface area (Å²) in [6.07, 6.45) is 0. The van der Waals surface area contributed by atoms with Crippen molar-refractivity contribution in [2.45, 2.75) is 0 Å². The van der Waals surface area contributed by atoms with E-state index in [0.29, 0.717) is 5.58 Å². The average molecular weight is 220 g/mol. The molecule has 1 N–H and O–H groups in total. The van der Waals surface area contributed by atoms with Gasteiger partial charge in [0.2, 0.25) is 0 Å². The molecule has 1 aromatic heterocycles. The molecule has 0 atom stereocenters. The Morgan fingerprint density at radius 1 is 1.25 bits per heavy atom. The molecule has 1 aromatic carbocycles. The van der Waals surface area contributed by atoms with Gasteiger partial charge < -0.3 is 14.1 Å². The summed E-state index contributed by atoms with van der Waals surface area (Å²) in [5.41, 5.74) is 2.43. The molecule has 2 aromatic rings. The van der Waals surface area contributed by atoms with E-state index in [1.165, 1.54) is 0 Å². The summed E-state index contributed by atoms with van der Waals surface area (Å²) in [7, 11) is 0. The summed E-state index contributed by atoms with van der Waals surface area (Å²) in [5.74, 6) is -0.408. The van der Waals surface area contributed by atoms with Crippen molar-refractivity contribution in [3.63, 3.8) is 0 Å². The number of nitrogens with one attached hydrogen (secondary N) is 1. The number of aromatic nitrogens is 1. The van der Waals surface area contributed by atoms with Gasteiger partial charge in [0.1, 0.15) is 0 Å². The number of ether oxygens (including phenoxy) is 1. The monoisotopic (exact) mass is 220 g/mol. The molecule has 2 heterocycles. The highest BCUT2D eigenvalue weighted by atomic mass is 16.5. The minimum Gasteiger partial charge on any atom is -0.408 e. The van der Waals surface area contributed by atoms with Crippen LogP contribution in [0, 0.1) is 0 Å². The van der Waals surface area contributed by atoms with Gasteiger partial charge in [0.25, 0.3) is 0 Å². The first-order valence-electron chi connectivity index (χ1n) is 5.28. The number of rotatable bonds is 1. The molecule has 0 saturated carbocycles. The Bertz CT molecular complexity index is 552. The predicted molar refractivity (Wildman–Crippen MR) is 59.9 cm³/mol. The minimum atomic E-state index is -0.408. The second-order valence-electron chi connectivity index (χ2n) is 3.79. The third-order valence-electron chi connectivity index (χ3n) is 2.78. The van der Waals surface area contributed by atoms with Crippen molar-refractivity contribution in [1.29, 1.82) is 0 Å². The van der Waals surface area contributed by atoms with Crippen LogP contribution in [0.1, 0.15) is 0 Å². The molecule has 0 radical (unpaired) electrons. The molecule has 5 nitrogen and oxygen atoms in total. The van der Waals surface area contributed by atoms with Gasteiger partial charge >= 0.3 is 5.76 Å². The van der Waals surface area contributed by atoms with Crippen LogP contribution >= 0.6 is 0 Å². The molecule has 0 amide bonds. The largest absolute Gasteiger partial charge is 0.417 e. The summed E-state index contributed by atoms with van der Waals surface area (Å²) in [5, 5.41) is 0. The van der Waals surface area contributed by atoms with Gasteiger partial charge in [-0.15, -0.1) is 0 Å². The molecule has 84 valence electrons. The molecule has 16 heavy (non-hydrogen) atoms. The maximum absolute atomic E-state index is 11.0. The van der Waals surface area contributed by atoms with E-state index in [9.17, 15) is 4.79 Å². The van der Waals surface area contributed by atoms with E-state index in [1.807, 2.05) is 18.2 Å². The summed E-state index contributed by atoms with van der Waals surface area (Å²) in [6.45, 7) is 3.26. The zero-order valence-electron chi connectivity index (χ0n) is 8.73. The number of aromatic amines is 1. The Kier molecular flexibility index (Phi) is 2.18. The summed E-state index contributed by atoms with van der Waals surface area (Å²) in [4.78, 5) is 15.9. The molecule has 1 aliphatic heterocycles. The average Bonchev–Trinajstić information content (AvgIpc) is 2.69. The van der Waals surface area contributed by atoms with Crippen LogP contribution in [0.3, 0.4) is 0 Å². The minimum absolute atomic E-state index is 0.408. The number of oxazole rings is 1. The van der Waals surface area contributed by atoms with Crippen LogP contribution in [0.2, 0.25) is 0 Å². The van der Waals surface area contributed by atoms with Crippen LogP contribution in [-0.2, 0) is 4.74 Å². The SMILES string of the molecule is O=c1[nH]c2cc(N3CCOCC3)ccc2o1. The normalized spacial score (nSPS) is 16.9. The molecule has 1 fully saturated rings. The Labute approximate surface area is 91.6 Å². The van der Waals surface area contributed by atoms with E-state index in [-0.39, 0.29) is 0 Å². The summed E-state index contributed by atoms with van der Waals surface area (Å²) >= 11 is 0. The lowest BCUT2D eigenvalue weighted by Crippen LogP contribution is -2.36. The third-order valence-corrected chi connectivity index (χ3v) is 2.78. The Balaban J connectivity index is 2.00. The lowest BCUT2D eigenvalue weighted by atomic mass is 10.2. The number of H-pyrrole nitrogens is 1. The predicted octanol–water partition coefficient (Wildman–Crippen LogP) is 0.958. The van der Waals surface area contributed by atoms with E-state index in [4.69, 9.17) is 9.15 Å². The van der Waals surface area contributed by atoms with Gasteiger partial charge in [-0.05, 0) is 18.2 Å². The number of morpholine rings is 1. The zero-order chi connectivity index (χ0) is 11.0. The topological polar surface area (TPSA) is 58.5 Å². The van der Waals surface area contributed by atoms with Gasteiger partial charge in [-0.2, -0.15) is 0 Å². The lowest BCUT2D eigenvalue weighted by molar-refractivity contribution is 0.122. The van der Waals surface area contributed by atoms with Crippen LogP contribution in [0.5, 0.6) is 0 Å². The quantitative estimate of drug-likeness (QED) is 0.777. The molecule has 0 bridgehead atoms. The van der Waals surface area contributed by atoms with Crippen molar-refractivity contribution >= 4 is 16.8 Å². The molecular formula is C11H12N2O3. The van der Waals surface area contributed by atoms with Crippen LogP contribution in [0.15, 0.2) is 27.4 Å². The smallest absolute Gasteiger partial charge is 0.408 e. The highest BCUT2D eigenvalue weighted by Gasteiger charge is 2.12. The van der Waals surface area contributed by atoms with Crippen molar-refractivity contribution in [1.82, 2.24) is 4.98 Å². The van der Waals surface area contributed by atoms with Gasteiger partial charge in [0.05, 0.1) is 18.7 Å². The zero-order valence-corrected chi connectivity index (χ0v) is 8.73. The van der Waals surface area contributed by atoms with E-state index in [0.717, 1.165) is 37.5 Å². The van der Waals surface area contributed by atoms with Crippen molar-refractivity contribution in [2.24, 2.45) is 0 Å². The van der Waals surface area contributed by atoms with Gasteiger partial charge in [-0.1, -0.05) is 0 Å². The first-order valence-corrected chi connectivity index (χ1v) is 5.28. The lowest BCUT2D eigenvalue weighted by Gasteiger charge is -2.28. The molecule has 1 saturated heterocycles. The standard InChI is InChI=1S/C11H12N2O3/c14-11-12-9-7-8(1-2-10(9)16-11)13-3-5-15-6-4-13/h1-2,7H,3-6H2,(H,12,14). The van der Waals surface area contributed by atoms with Gasteiger partial charge in [0.15, 0.2) is 5.58 Å². The van der Waals surface area contributed by atoms with Crippen molar-refractivity contribution < 1.29 is 9.15 Å².